The van der Waals surface area contributed by atoms with E-state index < -0.39 is 11.6 Å². The predicted molar refractivity (Wildman–Crippen MR) is 80.3 cm³/mol. The van der Waals surface area contributed by atoms with Crippen molar-refractivity contribution in [1.82, 2.24) is 4.90 Å². The Morgan fingerprint density at radius 3 is 2.38 bits per heavy atom. The molecule has 1 nitrogen and oxygen atoms in total. The van der Waals surface area contributed by atoms with Crippen molar-refractivity contribution in [3.8, 4) is 0 Å². The van der Waals surface area contributed by atoms with Crippen molar-refractivity contribution < 1.29 is 8.78 Å². The molecule has 21 heavy (non-hydrogen) atoms. The van der Waals surface area contributed by atoms with Crippen LogP contribution in [0.1, 0.15) is 35.1 Å². The monoisotopic (exact) mass is 287 g/mol. The molecule has 1 aliphatic carbocycles. The first-order valence-corrected chi connectivity index (χ1v) is 7.25. The molecule has 0 heterocycles. The summed E-state index contributed by atoms with van der Waals surface area (Å²) in [5.74, 6) is -1.18. The molecule has 0 fully saturated rings. The average Bonchev–Trinajstić information content (AvgIpc) is 2.82. The third-order valence-electron chi connectivity index (χ3n) is 4.39. The predicted octanol–water partition coefficient (Wildman–Crippen LogP) is 4.30. The van der Waals surface area contributed by atoms with Gasteiger partial charge in [-0.2, -0.15) is 0 Å². The van der Waals surface area contributed by atoms with Crippen LogP contribution in [0, 0.1) is 11.6 Å². The van der Waals surface area contributed by atoms with Gasteiger partial charge in [-0.1, -0.05) is 30.3 Å². The maximum atomic E-state index is 13.4. The minimum atomic E-state index is -0.781. The number of rotatable bonds is 3. The van der Waals surface area contributed by atoms with Crippen molar-refractivity contribution in [2.75, 3.05) is 14.1 Å². The third kappa shape index (κ3) is 2.70. The summed E-state index contributed by atoms with van der Waals surface area (Å²) in [5, 5.41) is 0. The van der Waals surface area contributed by atoms with Crippen LogP contribution in [0.15, 0.2) is 42.5 Å². The highest BCUT2D eigenvalue weighted by Gasteiger charge is 2.31. The van der Waals surface area contributed by atoms with Crippen molar-refractivity contribution in [2.24, 2.45) is 0 Å². The minimum Gasteiger partial charge on any atom is -0.302 e. The zero-order valence-electron chi connectivity index (χ0n) is 12.3. The van der Waals surface area contributed by atoms with E-state index in [2.05, 4.69) is 43.3 Å². The molecule has 3 rings (SSSR count). The van der Waals surface area contributed by atoms with Gasteiger partial charge in [0, 0.05) is 6.04 Å². The number of hydrogen-bond acceptors (Lipinski definition) is 1. The van der Waals surface area contributed by atoms with Gasteiger partial charge in [-0.25, -0.2) is 8.78 Å². The summed E-state index contributed by atoms with van der Waals surface area (Å²) in [5.41, 5.74) is 3.55. The van der Waals surface area contributed by atoms with Crippen molar-refractivity contribution >= 4 is 0 Å². The Morgan fingerprint density at radius 2 is 1.71 bits per heavy atom. The molecule has 2 atom stereocenters. The highest BCUT2D eigenvalue weighted by molar-refractivity contribution is 5.39. The van der Waals surface area contributed by atoms with E-state index in [1.165, 1.54) is 23.3 Å². The number of fused-ring (bicyclic) bond motifs is 1. The normalized spacial score (nSPS) is 20.8. The molecule has 0 spiro atoms. The third-order valence-corrected chi connectivity index (χ3v) is 4.39. The largest absolute Gasteiger partial charge is 0.302 e. The van der Waals surface area contributed by atoms with E-state index in [0.29, 0.717) is 12.0 Å². The fourth-order valence-corrected chi connectivity index (χ4v) is 3.34. The molecule has 0 unspecified atom stereocenters. The van der Waals surface area contributed by atoms with Gasteiger partial charge in [0.1, 0.15) is 0 Å². The second-order valence-electron chi connectivity index (χ2n) is 5.99. The van der Waals surface area contributed by atoms with Gasteiger partial charge >= 0.3 is 0 Å². The Labute approximate surface area is 124 Å². The van der Waals surface area contributed by atoms with Gasteiger partial charge in [0.2, 0.25) is 0 Å². The molecule has 1 aliphatic rings. The summed E-state index contributed by atoms with van der Waals surface area (Å²) in [6, 6.07) is 13.1. The number of nitrogens with zero attached hydrogens (tertiary/aromatic N) is 1. The first-order valence-electron chi connectivity index (χ1n) is 7.25. The summed E-state index contributed by atoms with van der Waals surface area (Å²) in [4.78, 5) is 2.23. The summed E-state index contributed by atoms with van der Waals surface area (Å²) < 4.78 is 26.4. The maximum Gasteiger partial charge on any atom is 0.159 e. The molecule has 0 N–H and O–H groups in total. The summed E-state index contributed by atoms with van der Waals surface area (Å²) in [7, 11) is 4.17. The van der Waals surface area contributed by atoms with Gasteiger partial charge in [-0.05, 0) is 61.7 Å². The first-order chi connectivity index (χ1) is 10.1. The SMILES string of the molecule is CN(C)[C@H]1C[C@@H](Cc2ccc(F)c(F)c2)c2ccccc21. The molecular weight excluding hydrogens is 268 g/mol. The zero-order valence-corrected chi connectivity index (χ0v) is 12.3. The van der Waals surface area contributed by atoms with Gasteiger partial charge in [-0.3, -0.25) is 0 Å². The van der Waals surface area contributed by atoms with Crippen LogP contribution in [0.4, 0.5) is 8.78 Å². The molecular formula is C18H19F2N. The van der Waals surface area contributed by atoms with Crippen molar-refractivity contribution in [3.05, 3.63) is 70.8 Å². The van der Waals surface area contributed by atoms with E-state index in [0.717, 1.165) is 18.4 Å². The molecule has 2 aromatic rings. The second kappa shape index (κ2) is 5.57. The molecule has 0 aliphatic heterocycles. The van der Waals surface area contributed by atoms with Crippen LogP contribution in [-0.4, -0.2) is 19.0 Å². The van der Waals surface area contributed by atoms with Crippen LogP contribution in [0.3, 0.4) is 0 Å². The number of halogens is 2. The standard InChI is InChI=1S/C18H19F2N/c1-21(2)18-11-13(14-5-3-4-6-15(14)18)9-12-7-8-16(19)17(20)10-12/h3-8,10,13,18H,9,11H2,1-2H3/t13-,18+/m1/s1. The van der Waals surface area contributed by atoms with E-state index in [9.17, 15) is 8.78 Å². The van der Waals surface area contributed by atoms with Gasteiger partial charge < -0.3 is 4.90 Å². The van der Waals surface area contributed by atoms with E-state index >= 15 is 0 Å². The van der Waals surface area contributed by atoms with E-state index in [1.54, 1.807) is 6.07 Å². The van der Waals surface area contributed by atoms with Gasteiger partial charge in [-0.15, -0.1) is 0 Å². The number of hydrogen-bond donors (Lipinski definition) is 0. The molecule has 0 saturated carbocycles. The zero-order chi connectivity index (χ0) is 15.0. The van der Waals surface area contributed by atoms with Crippen LogP contribution in [0.2, 0.25) is 0 Å². The Hall–Kier alpha value is -1.74. The molecule has 0 aromatic heterocycles. The first kappa shape index (κ1) is 14.2. The smallest absolute Gasteiger partial charge is 0.159 e. The molecule has 3 heteroatoms. The highest BCUT2D eigenvalue weighted by Crippen LogP contribution is 2.44. The molecule has 0 radical (unpaired) electrons. The fourth-order valence-electron chi connectivity index (χ4n) is 3.34. The van der Waals surface area contributed by atoms with E-state index in [1.807, 2.05) is 0 Å². The van der Waals surface area contributed by atoms with E-state index in [4.69, 9.17) is 0 Å². The minimum absolute atomic E-state index is 0.360. The molecule has 0 amide bonds. The molecule has 0 saturated heterocycles. The van der Waals surface area contributed by atoms with Crippen LogP contribution in [0.5, 0.6) is 0 Å². The van der Waals surface area contributed by atoms with Gasteiger partial charge in [0.15, 0.2) is 11.6 Å². The lowest BCUT2D eigenvalue weighted by molar-refractivity contribution is 0.288. The second-order valence-corrected chi connectivity index (χ2v) is 5.99. The van der Waals surface area contributed by atoms with Gasteiger partial charge in [0.05, 0.1) is 0 Å². The summed E-state index contributed by atoms with van der Waals surface area (Å²) >= 11 is 0. The summed E-state index contributed by atoms with van der Waals surface area (Å²) in [6.45, 7) is 0. The summed E-state index contributed by atoms with van der Waals surface area (Å²) in [6.07, 6.45) is 1.77. The van der Waals surface area contributed by atoms with Crippen molar-refractivity contribution in [2.45, 2.75) is 24.8 Å². The lowest BCUT2D eigenvalue weighted by Gasteiger charge is -2.20. The van der Waals surface area contributed by atoms with Crippen molar-refractivity contribution in [3.63, 3.8) is 0 Å². The topological polar surface area (TPSA) is 3.24 Å². The van der Waals surface area contributed by atoms with Crippen LogP contribution < -0.4 is 0 Å². The van der Waals surface area contributed by atoms with Crippen LogP contribution >= 0.6 is 0 Å². The Balaban J connectivity index is 1.88. The fraction of sp³-hybridized carbons (Fsp3) is 0.333. The van der Waals surface area contributed by atoms with E-state index in [-0.39, 0.29) is 0 Å². The van der Waals surface area contributed by atoms with Crippen LogP contribution in [-0.2, 0) is 6.42 Å². The Kier molecular flexibility index (Phi) is 3.77. The Bertz CT molecular complexity index is 651. The molecule has 110 valence electrons. The lowest BCUT2D eigenvalue weighted by atomic mass is 9.93. The number of benzene rings is 2. The van der Waals surface area contributed by atoms with Gasteiger partial charge in [0.25, 0.3) is 0 Å². The molecule has 2 aromatic carbocycles. The highest BCUT2D eigenvalue weighted by atomic mass is 19.2. The quantitative estimate of drug-likeness (QED) is 0.813. The average molecular weight is 287 g/mol. The van der Waals surface area contributed by atoms with Crippen LogP contribution in [0.25, 0.3) is 0 Å². The maximum absolute atomic E-state index is 13.4. The van der Waals surface area contributed by atoms with Crippen molar-refractivity contribution in [1.29, 1.82) is 0 Å². The molecule has 0 bridgehead atoms. The lowest BCUT2D eigenvalue weighted by Crippen LogP contribution is -2.17. The Morgan fingerprint density at radius 1 is 1.00 bits per heavy atom.